The summed E-state index contributed by atoms with van der Waals surface area (Å²) in [7, 11) is 1.57. The van der Waals surface area contributed by atoms with E-state index >= 15 is 0 Å². The minimum absolute atomic E-state index is 0.0683. The number of furan rings is 1. The van der Waals surface area contributed by atoms with E-state index in [1.807, 2.05) is 11.0 Å². The van der Waals surface area contributed by atoms with Crippen LogP contribution in [0.3, 0.4) is 0 Å². The molecule has 2 N–H and O–H groups in total. The Bertz CT molecular complexity index is 922. The molecule has 1 amide bonds. The number of rotatable bonds is 8. The molecular weight excluding hydrogens is 377 g/mol. The Morgan fingerprint density at radius 1 is 1.36 bits per heavy atom. The van der Waals surface area contributed by atoms with Gasteiger partial charge < -0.3 is 19.5 Å². The van der Waals surface area contributed by atoms with Crippen molar-refractivity contribution in [1.82, 2.24) is 14.9 Å². The van der Waals surface area contributed by atoms with E-state index in [-0.39, 0.29) is 23.5 Å². The number of ether oxygens (including phenoxy) is 1. The molecule has 0 unspecified atom stereocenters. The molecule has 0 fully saturated rings. The van der Waals surface area contributed by atoms with Crippen LogP contribution in [-0.4, -0.2) is 47.6 Å². The van der Waals surface area contributed by atoms with Crippen molar-refractivity contribution in [2.75, 3.05) is 32.1 Å². The predicted octanol–water partition coefficient (Wildman–Crippen LogP) is 3.26. The molecule has 2 heterocycles. The summed E-state index contributed by atoms with van der Waals surface area (Å²) >= 11 is 0. The van der Waals surface area contributed by atoms with Gasteiger partial charge in [0.1, 0.15) is 5.76 Å². The molecule has 7 nitrogen and oxygen atoms in total. The molecule has 0 saturated heterocycles. The number of carbonyl (C=O) groups is 1. The maximum absolute atomic E-state index is 12.8. The first-order valence-electron chi connectivity index (χ1n) is 8.45. The molecule has 0 aliphatic carbocycles. The van der Waals surface area contributed by atoms with Gasteiger partial charge in [-0.05, 0) is 30.3 Å². The van der Waals surface area contributed by atoms with Gasteiger partial charge in [-0.2, -0.15) is 13.2 Å². The monoisotopic (exact) mass is 396 g/mol. The molecule has 3 rings (SSSR count). The summed E-state index contributed by atoms with van der Waals surface area (Å²) in [5.74, 6) is -0.671. The lowest BCUT2D eigenvalue weighted by atomic mass is 10.2. The van der Waals surface area contributed by atoms with Gasteiger partial charge in [0.25, 0.3) is 0 Å². The van der Waals surface area contributed by atoms with Crippen LogP contribution < -0.4 is 5.32 Å². The Kier molecular flexibility index (Phi) is 6.00. The van der Waals surface area contributed by atoms with Crippen LogP contribution in [0.2, 0.25) is 0 Å². The van der Waals surface area contributed by atoms with Gasteiger partial charge in [-0.15, -0.1) is 0 Å². The molecule has 3 aromatic rings. The first kappa shape index (κ1) is 19.9. The van der Waals surface area contributed by atoms with Crippen LogP contribution >= 0.6 is 0 Å². The van der Waals surface area contributed by atoms with E-state index in [0.29, 0.717) is 31.1 Å². The third-order valence-corrected chi connectivity index (χ3v) is 3.97. The van der Waals surface area contributed by atoms with Crippen LogP contribution in [0.15, 0.2) is 41.0 Å². The number of halogens is 3. The number of amides is 1. The van der Waals surface area contributed by atoms with E-state index in [9.17, 15) is 18.0 Å². The minimum atomic E-state index is -4.56. The fourth-order valence-corrected chi connectivity index (χ4v) is 2.68. The average Bonchev–Trinajstić information content (AvgIpc) is 3.28. The lowest BCUT2D eigenvalue weighted by molar-refractivity contribution is -0.144. The summed E-state index contributed by atoms with van der Waals surface area (Å²) in [5, 5.41) is 2.69. The number of imidazole rings is 1. The van der Waals surface area contributed by atoms with Crippen molar-refractivity contribution in [1.29, 1.82) is 0 Å². The smallest absolute Gasteiger partial charge is 0.449 e. The van der Waals surface area contributed by atoms with Gasteiger partial charge in [0, 0.05) is 19.3 Å². The second kappa shape index (κ2) is 8.44. The minimum Gasteiger partial charge on any atom is -0.468 e. The van der Waals surface area contributed by atoms with Crippen molar-refractivity contribution < 1.29 is 27.1 Å². The number of aromatic amines is 1. The molecule has 150 valence electrons. The predicted molar refractivity (Wildman–Crippen MR) is 95.6 cm³/mol. The Hall–Kier alpha value is -2.85. The molecule has 0 spiro atoms. The second-order valence-corrected chi connectivity index (χ2v) is 6.15. The molecule has 0 bridgehead atoms. The molecule has 0 saturated carbocycles. The van der Waals surface area contributed by atoms with Crippen molar-refractivity contribution in [3.63, 3.8) is 0 Å². The van der Waals surface area contributed by atoms with Crippen LogP contribution in [0.25, 0.3) is 11.0 Å². The van der Waals surface area contributed by atoms with E-state index in [1.54, 1.807) is 19.4 Å². The SMILES string of the molecule is COCCN(CC(=O)Nc1ccc2nc(C(F)(F)F)[nH]c2c1)Cc1ccco1. The largest absolute Gasteiger partial charge is 0.468 e. The molecule has 0 aliphatic heterocycles. The zero-order chi connectivity index (χ0) is 20.1. The highest BCUT2D eigenvalue weighted by molar-refractivity contribution is 5.94. The average molecular weight is 396 g/mol. The van der Waals surface area contributed by atoms with Gasteiger partial charge in [0.05, 0.1) is 37.0 Å². The molecule has 2 aromatic heterocycles. The highest BCUT2D eigenvalue weighted by Crippen LogP contribution is 2.29. The van der Waals surface area contributed by atoms with Crippen LogP contribution in [-0.2, 0) is 22.3 Å². The number of H-pyrrole nitrogens is 1. The number of nitrogens with zero attached hydrogens (tertiary/aromatic N) is 2. The fraction of sp³-hybridized carbons (Fsp3) is 0.333. The Morgan fingerprint density at radius 2 is 2.18 bits per heavy atom. The van der Waals surface area contributed by atoms with E-state index in [4.69, 9.17) is 9.15 Å². The molecule has 0 atom stereocenters. The summed E-state index contributed by atoms with van der Waals surface area (Å²) < 4.78 is 48.6. The number of methoxy groups -OCH3 is 1. The summed E-state index contributed by atoms with van der Waals surface area (Å²) in [6, 6.07) is 7.91. The molecule has 28 heavy (non-hydrogen) atoms. The Labute approximate surface area is 158 Å². The molecule has 1 aromatic carbocycles. The quantitative estimate of drug-likeness (QED) is 0.611. The third-order valence-electron chi connectivity index (χ3n) is 3.97. The fourth-order valence-electron chi connectivity index (χ4n) is 2.68. The first-order valence-corrected chi connectivity index (χ1v) is 8.45. The zero-order valence-corrected chi connectivity index (χ0v) is 15.0. The van der Waals surface area contributed by atoms with Crippen molar-refractivity contribution in [2.45, 2.75) is 12.7 Å². The highest BCUT2D eigenvalue weighted by Gasteiger charge is 2.34. The topological polar surface area (TPSA) is 83.4 Å². The number of nitrogens with one attached hydrogen (secondary N) is 2. The van der Waals surface area contributed by atoms with Crippen LogP contribution in [0.5, 0.6) is 0 Å². The number of benzene rings is 1. The van der Waals surface area contributed by atoms with E-state index < -0.39 is 12.0 Å². The summed E-state index contributed by atoms with van der Waals surface area (Å²) in [6.07, 6.45) is -3.01. The van der Waals surface area contributed by atoms with Gasteiger partial charge in [-0.3, -0.25) is 9.69 Å². The van der Waals surface area contributed by atoms with Crippen molar-refractivity contribution in [2.24, 2.45) is 0 Å². The summed E-state index contributed by atoms with van der Waals surface area (Å²) in [4.78, 5) is 19.9. The van der Waals surface area contributed by atoms with Crippen molar-refractivity contribution in [3.8, 4) is 0 Å². The molecular formula is C18H19F3N4O3. The Morgan fingerprint density at radius 3 is 2.86 bits per heavy atom. The lowest BCUT2D eigenvalue weighted by Gasteiger charge is -2.20. The van der Waals surface area contributed by atoms with Crippen LogP contribution in [0.4, 0.5) is 18.9 Å². The second-order valence-electron chi connectivity index (χ2n) is 6.15. The van der Waals surface area contributed by atoms with Gasteiger partial charge >= 0.3 is 6.18 Å². The molecule has 0 radical (unpaired) electrons. The third kappa shape index (κ3) is 5.11. The number of anilines is 1. The normalized spacial score (nSPS) is 12.0. The zero-order valence-electron chi connectivity index (χ0n) is 15.0. The van der Waals surface area contributed by atoms with Crippen LogP contribution in [0.1, 0.15) is 11.6 Å². The number of aromatic nitrogens is 2. The van der Waals surface area contributed by atoms with Crippen molar-refractivity contribution >= 4 is 22.6 Å². The first-order chi connectivity index (χ1) is 13.3. The number of hydrogen-bond donors (Lipinski definition) is 2. The van der Waals surface area contributed by atoms with E-state index in [0.717, 1.165) is 0 Å². The number of alkyl halides is 3. The lowest BCUT2D eigenvalue weighted by Crippen LogP contribution is -2.35. The van der Waals surface area contributed by atoms with E-state index in [1.165, 1.54) is 18.2 Å². The van der Waals surface area contributed by atoms with Gasteiger partial charge in [0.15, 0.2) is 0 Å². The summed E-state index contributed by atoms with van der Waals surface area (Å²) in [6.45, 7) is 1.45. The number of carbonyl (C=O) groups excluding carboxylic acids is 1. The van der Waals surface area contributed by atoms with Gasteiger partial charge in [0.2, 0.25) is 11.7 Å². The van der Waals surface area contributed by atoms with Gasteiger partial charge in [-0.25, -0.2) is 4.98 Å². The van der Waals surface area contributed by atoms with Crippen LogP contribution in [0, 0.1) is 0 Å². The maximum atomic E-state index is 12.8. The van der Waals surface area contributed by atoms with Crippen molar-refractivity contribution in [3.05, 3.63) is 48.2 Å². The highest BCUT2D eigenvalue weighted by atomic mass is 19.4. The standard InChI is InChI=1S/C18H19F3N4O3/c1-27-8-6-25(10-13-3-2-7-28-13)11-16(26)22-12-4-5-14-15(9-12)24-17(23-14)18(19,20)21/h2-5,7,9H,6,8,10-11H2,1H3,(H,22,26)(H,23,24). The Balaban J connectivity index is 1.66. The number of fused-ring (bicyclic) bond motifs is 1. The summed E-state index contributed by atoms with van der Waals surface area (Å²) in [5.41, 5.74) is 0.737. The number of hydrogen-bond acceptors (Lipinski definition) is 5. The van der Waals surface area contributed by atoms with E-state index in [2.05, 4.69) is 15.3 Å². The molecule has 10 heteroatoms. The maximum Gasteiger partial charge on any atom is 0.449 e. The molecule has 0 aliphatic rings. The van der Waals surface area contributed by atoms with Gasteiger partial charge in [-0.1, -0.05) is 0 Å².